The Morgan fingerprint density at radius 3 is 2.35 bits per heavy atom. The third-order valence-electron chi connectivity index (χ3n) is 3.68. The molecule has 0 saturated carbocycles. The monoisotopic (exact) mass is 296 g/mol. The topological polar surface area (TPSA) is 55.9 Å². The second kappa shape index (κ2) is 5.97. The Morgan fingerprint density at radius 1 is 1.15 bits per heavy atom. The lowest BCUT2D eigenvalue weighted by atomic mass is 10.2. The second-order valence-corrected chi connectivity index (χ2v) is 5.22. The molecule has 20 heavy (non-hydrogen) atoms. The SMILES string of the molecule is CCc1nn(CC)c(Cn2nc(C)c(CO)c2C)c1Cl. The van der Waals surface area contributed by atoms with Gasteiger partial charge in [-0.2, -0.15) is 10.2 Å². The number of aliphatic hydroxyl groups excluding tert-OH is 1. The van der Waals surface area contributed by atoms with E-state index in [1.807, 2.05) is 37.1 Å². The van der Waals surface area contributed by atoms with E-state index in [-0.39, 0.29) is 6.61 Å². The molecule has 0 fully saturated rings. The summed E-state index contributed by atoms with van der Waals surface area (Å²) in [4.78, 5) is 0. The molecule has 0 aliphatic rings. The Kier molecular flexibility index (Phi) is 4.50. The van der Waals surface area contributed by atoms with Crippen LogP contribution < -0.4 is 0 Å². The maximum Gasteiger partial charge on any atom is 0.0869 e. The fraction of sp³-hybridized carbons (Fsp3) is 0.571. The van der Waals surface area contributed by atoms with Crippen LogP contribution in [-0.4, -0.2) is 24.7 Å². The Bertz CT molecular complexity index is 615. The van der Waals surface area contributed by atoms with Crippen LogP contribution in [0.15, 0.2) is 0 Å². The highest BCUT2D eigenvalue weighted by Gasteiger charge is 2.17. The summed E-state index contributed by atoms with van der Waals surface area (Å²) < 4.78 is 3.81. The van der Waals surface area contributed by atoms with Gasteiger partial charge in [0.05, 0.1) is 35.3 Å². The number of rotatable bonds is 5. The van der Waals surface area contributed by atoms with Gasteiger partial charge in [-0.15, -0.1) is 0 Å². The van der Waals surface area contributed by atoms with E-state index >= 15 is 0 Å². The van der Waals surface area contributed by atoms with Crippen LogP contribution in [0.1, 0.15) is 42.2 Å². The second-order valence-electron chi connectivity index (χ2n) is 4.84. The van der Waals surface area contributed by atoms with Gasteiger partial charge in [-0.3, -0.25) is 9.36 Å². The maximum atomic E-state index is 9.38. The van der Waals surface area contributed by atoms with E-state index in [9.17, 15) is 5.11 Å². The summed E-state index contributed by atoms with van der Waals surface area (Å²) in [6.07, 6.45) is 0.817. The van der Waals surface area contributed by atoms with E-state index in [2.05, 4.69) is 10.2 Å². The summed E-state index contributed by atoms with van der Waals surface area (Å²) in [5.41, 5.74) is 4.62. The lowest BCUT2D eigenvalue weighted by Gasteiger charge is -2.08. The third kappa shape index (κ3) is 2.47. The summed E-state index contributed by atoms with van der Waals surface area (Å²) in [6.45, 7) is 9.34. The molecule has 6 heteroatoms. The molecule has 2 rings (SSSR count). The maximum absolute atomic E-state index is 9.38. The molecule has 2 heterocycles. The highest BCUT2D eigenvalue weighted by atomic mass is 35.5. The average molecular weight is 297 g/mol. The van der Waals surface area contributed by atoms with Gasteiger partial charge in [-0.25, -0.2) is 0 Å². The molecule has 2 aromatic heterocycles. The van der Waals surface area contributed by atoms with Crippen LogP contribution in [-0.2, 0) is 26.1 Å². The molecule has 110 valence electrons. The minimum absolute atomic E-state index is 0.0125. The summed E-state index contributed by atoms with van der Waals surface area (Å²) in [5.74, 6) is 0. The van der Waals surface area contributed by atoms with E-state index < -0.39 is 0 Å². The minimum Gasteiger partial charge on any atom is -0.392 e. The van der Waals surface area contributed by atoms with Crippen molar-refractivity contribution < 1.29 is 5.11 Å². The van der Waals surface area contributed by atoms with Gasteiger partial charge in [0.1, 0.15) is 0 Å². The van der Waals surface area contributed by atoms with Gasteiger partial charge in [-0.1, -0.05) is 18.5 Å². The van der Waals surface area contributed by atoms with Crippen LogP contribution in [0.25, 0.3) is 0 Å². The van der Waals surface area contributed by atoms with Crippen molar-refractivity contribution in [3.8, 4) is 0 Å². The Labute approximate surface area is 124 Å². The highest BCUT2D eigenvalue weighted by Crippen LogP contribution is 2.23. The highest BCUT2D eigenvalue weighted by molar-refractivity contribution is 6.31. The molecule has 2 aromatic rings. The smallest absolute Gasteiger partial charge is 0.0869 e. The standard InChI is InChI=1S/C14H21ClN4O/c1-5-12-14(15)13(18(6-2)17-12)7-19-10(4)11(8-20)9(3)16-19/h20H,5-8H2,1-4H3. The molecular weight excluding hydrogens is 276 g/mol. The fourth-order valence-corrected chi connectivity index (χ4v) is 2.76. The molecule has 0 aliphatic carbocycles. The van der Waals surface area contributed by atoms with Gasteiger partial charge < -0.3 is 5.11 Å². The number of nitrogens with zero attached hydrogens (tertiary/aromatic N) is 4. The molecule has 5 nitrogen and oxygen atoms in total. The molecule has 0 unspecified atom stereocenters. The van der Waals surface area contributed by atoms with E-state index in [1.165, 1.54) is 0 Å². The van der Waals surface area contributed by atoms with Crippen molar-refractivity contribution in [3.05, 3.63) is 33.4 Å². The van der Waals surface area contributed by atoms with Crippen molar-refractivity contribution >= 4 is 11.6 Å². The zero-order valence-electron chi connectivity index (χ0n) is 12.4. The van der Waals surface area contributed by atoms with Gasteiger partial charge in [0.2, 0.25) is 0 Å². The quantitative estimate of drug-likeness (QED) is 0.922. The van der Waals surface area contributed by atoms with Crippen LogP contribution in [0.5, 0.6) is 0 Å². The van der Waals surface area contributed by atoms with Crippen molar-refractivity contribution in [2.45, 2.75) is 53.8 Å². The molecular formula is C14H21ClN4O. The van der Waals surface area contributed by atoms with Crippen molar-refractivity contribution in [3.63, 3.8) is 0 Å². The number of aryl methyl sites for hydroxylation is 3. The lowest BCUT2D eigenvalue weighted by Crippen LogP contribution is -2.11. The number of hydrogen-bond donors (Lipinski definition) is 1. The van der Waals surface area contributed by atoms with Crippen LogP contribution >= 0.6 is 11.6 Å². The molecule has 0 amide bonds. The predicted octanol–water partition coefficient (Wildman–Crippen LogP) is 2.47. The number of halogens is 1. The molecule has 0 saturated heterocycles. The summed E-state index contributed by atoms with van der Waals surface area (Å²) in [5, 5.41) is 19.1. The third-order valence-corrected chi connectivity index (χ3v) is 4.12. The molecule has 0 aromatic carbocycles. The van der Waals surface area contributed by atoms with Crippen LogP contribution in [0, 0.1) is 13.8 Å². The predicted molar refractivity (Wildman–Crippen MR) is 79.0 cm³/mol. The van der Waals surface area contributed by atoms with Crippen LogP contribution in [0.3, 0.4) is 0 Å². The van der Waals surface area contributed by atoms with Crippen molar-refractivity contribution in [2.24, 2.45) is 0 Å². The van der Waals surface area contributed by atoms with Gasteiger partial charge >= 0.3 is 0 Å². The molecule has 1 N–H and O–H groups in total. The van der Waals surface area contributed by atoms with Crippen molar-refractivity contribution in [1.29, 1.82) is 0 Å². The first kappa shape index (κ1) is 15.1. The van der Waals surface area contributed by atoms with Gasteiger partial charge in [0.25, 0.3) is 0 Å². The number of aromatic nitrogens is 4. The van der Waals surface area contributed by atoms with E-state index in [0.717, 1.165) is 46.3 Å². The first-order valence-corrected chi connectivity index (χ1v) is 7.28. The molecule has 0 atom stereocenters. The van der Waals surface area contributed by atoms with Gasteiger partial charge in [-0.05, 0) is 27.2 Å². The molecule has 0 aliphatic heterocycles. The average Bonchev–Trinajstić information content (AvgIpc) is 2.88. The van der Waals surface area contributed by atoms with Crippen LogP contribution in [0.4, 0.5) is 0 Å². The lowest BCUT2D eigenvalue weighted by molar-refractivity contribution is 0.280. The normalized spacial score (nSPS) is 11.3. The molecule has 0 radical (unpaired) electrons. The first-order chi connectivity index (χ1) is 9.53. The molecule has 0 bridgehead atoms. The zero-order chi connectivity index (χ0) is 14.9. The Hall–Kier alpha value is -1.33. The van der Waals surface area contributed by atoms with E-state index in [0.29, 0.717) is 6.54 Å². The Balaban J connectivity index is 2.42. The van der Waals surface area contributed by atoms with E-state index in [1.54, 1.807) is 0 Å². The number of aliphatic hydroxyl groups is 1. The number of hydrogen-bond acceptors (Lipinski definition) is 3. The van der Waals surface area contributed by atoms with Crippen LogP contribution in [0.2, 0.25) is 5.02 Å². The van der Waals surface area contributed by atoms with Gasteiger partial charge in [0, 0.05) is 17.8 Å². The largest absolute Gasteiger partial charge is 0.392 e. The summed E-state index contributed by atoms with van der Waals surface area (Å²) >= 11 is 6.42. The van der Waals surface area contributed by atoms with E-state index in [4.69, 9.17) is 11.6 Å². The minimum atomic E-state index is 0.0125. The zero-order valence-corrected chi connectivity index (χ0v) is 13.2. The van der Waals surface area contributed by atoms with Crippen molar-refractivity contribution in [2.75, 3.05) is 0 Å². The summed E-state index contributed by atoms with van der Waals surface area (Å²) in [7, 11) is 0. The first-order valence-electron chi connectivity index (χ1n) is 6.91. The Morgan fingerprint density at radius 2 is 1.85 bits per heavy atom. The molecule has 0 spiro atoms. The van der Waals surface area contributed by atoms with Crippen molar-refractivity contribution in [1.82, 2.24) is 19.6 Å². The summed E-state index contributed by atoms with van der Waals surface area (Å²) in [6, 6.07) is 0. The fourth-order valence-electron chi connectivity index (χ4n) is 2.43. The van der Waals surface area contributed by atoms with Gasteiger partial charge in [0.15, 0.2) is 0 Å².